The number of fused-ring (bicyclic) bond motifs is 2. The van der Waals surface area contributed by atoms with E-state index < -0.39 is 0 Å². The third-order valence-electron chi connectivity index (χ3n) is 4.83. The first-order valence-corrected chi connectivity index (χ1v) is 7.54. The topological polar surface area (TPSA) is 41.1 Å². The molecular formula is C16H20N4. The Labute approximate surface area is 119 Å². The molecule has 2 atom stereocenters. The Morgan fingerprint density at radius 2 is 1.85 bits per heavy atom. The Morgan fingerprint density at radius 3 is 2.60 bits per heavy atom. The Hall–Kier alpha value is -1.84. The van der Waals surface area contributed by atoms with Gasteiger partial charge in [0.15, 0.2) is 0 Å². The van der Waals surface area contributed by atoms with Crippen LogP contribution in [0.5, 0.6) is 0 Å². The molecule has 0 bridgehead atoms. The maximum absolute atomic E-state index is 4.73. The molecule has 104 valence electrons. The van der Waals surface area contributed by atoms with E-state index in [9.17, 15) is 0 Å². The molecule has 0 amide bonds. The van der Waals surface area contributed by atoms with Gasteiger partial charge in [0.1, 0.15) is 5.82 Å². The van der Waals surface area contributed by atoms with Crippen LogP contribution in [0.25, 0.3) is 10.9 Å². The van der Waals surface area contributed by atoms with E-state index in [-0.39, 0.29) is 0 Å². The van der Waals surface area contributed by atoms with Gasteiger partial charge in [0, 0.05) is 25.5 Å². The largest absolute Gasteiger partial charge is 0.357 e. The molecule has 2 unspecified atom stereocenters. The number of nitrogens with zero attached hydrogens (tertiary/aromatic N) is 3. The van der Waals surface area contributed by atoms with Gasteiger partial charge in [-0.1, -0.05) is 18.6 Å². The van der Waals surface area contributed by atoms with Crippen LogP contribution < -0.4 is 10.2 Å². The summed E-state index contributed by atoms with van der Waals surface area (Å²) >= 11 is 0. The van der Waals surface area contributed by atoms with Crippen LogP contribution in [-0.4, -0.2) is 30.1 Å². The maximum Gasteiger partial charge on any atom is 0.224 e. The minimum atomic E-state index is 0.718. The highest BCUT2D eigenvalue weighted by Crippen LogP contribution is 2.40. The Kier molecular flexibility index (Phi) is 2.76. The fourth-order valence-electron chi connectivity index (χ4n) is 3.82. The molecule has 1 aromatic carbocycles. The van der Waals surface area contributed by atoms with E-state index in [1.807, 2.05) is 13.1 Å². The highest BCUT2D eigenvalue weighted by atomic mass is 15.2. The highest BCUT2D eigenvalue weighted by Gasteiger charge is 2.37. The SMILES string of the molecule is CNc1nc(N2CC3CCCC3C2)c2ccccc2n1. The van der Waals surface area contributed by atoms with Crippen molar-refractivity contribution in [1.82, 2.24) is 9.97 Å². The van der Waals surface area contributed by atoms with E-state index in [2.05, 4.69) is 33.4 Å². The normalized spacial score (nSPS) is 25.1. The molecule has 2 aromatic rings. The molecule has 0 radical (unpaired) electrons. The molecule has 4 rings (SSSR count). The van der Waals surface area contributed by atoms with Crippen LogP contribution in [0.15, 0.2) is 24.3 Å². The molecule has 1 aliphatic heterocycles. The number of aromatic nitrogens is 2. The zero-order valence-electron chi connectivity index (χ0n) is 11.8. The number of hydrogen-bond acceptors (Lipinski definition) is 4. The second-order valence-electron chi connectivity index (χ2n) is 5.99. The van der Waals surface area contributed by atoms with Crippen molar-refractivity contribution in [2.75, 3.05) is 30.4 Å². The second kappa shape index (κ2) is 4.62. The Balaban J connectivity index is 1.78. The Morgan fingerprint density at radius 1 is 1.10 bits per heavy atom. The average Bonchev–Trinajstić information content (AvgIpc) is 3.07. The number of benzene rings is 1. The summed E-state index contributed by atoms with van der Waals surface area (Å²) in [6, 6.07) is 8.32. The summed E-state index contributed by atoms with van der Waals surface area (Å²) in [6.45, 7) is 2.32. The van der Waals surface area contributed by atoms with Gasteiger partial charge < -0.3 is 10.2 Å². The smallest absolute Gasteiger partial charge is 0.224 e. The van der Waals surface area contributed by atoms with Crippen LogP contribution >= 0.6 is 0 Å². The zero-order valence-corrected chi connectivity index (χ0v) is 11.8. The van der Waals surface area contributed by atoms with Gasteiger partial charge in [0.25, 0.3) is 0 Å². The predicted molar refractivity (Wildman–Crippen MR) is 82.1 cm³/mol. The summed E-state index contributed by atoms with van der Waals surface area (Å²) in [6.07, 6.45) is 4.20. The van der Waals surface area contributed by atoms with E-state index in [1.54, 1.807) is 0 Å². The van der Waals surface area contributed by atoms with Crippen LogP contribution in [0.3, 0.4) is 0 Å². The van der Waals surface area contributed by atoms with Crippen molar-refractivity contribution >= 4 is 22.7 Å². The molecule has 1 aliphatic carbocycles. The molecule has 2 aliphatic rings. The van der Waals surface area contributed by atoms with Gasteiger partial charge in [-0.25, -0.2) is 4.98 Å². The number of nitrogens with one attached hydrogen (secondary N) is 1. The third-order valence-corrected chi connectivity index (χ3v) is 4.83. The van der Waals surface area contributed by atoms with Gasteiger partial charge >= 0.3 is 0 Å². The van der Waals surface area contributed by atoms with Crippen LogP contribution in [-0.2, 0) is 0 Å². The summed E-state index contributed by atoms with van der Waals surface area (Å²) in [5.41, 5.74) is 1.03. The maximum atomic E-state index is 4.73. The molecule has 20 heavy (non-hydrogen) atoms. The minimum Gasteiger partial charge on any atom is -0.357 e. The molecule has 4 heteroatoms. The summed E-state index contributed by atoms with van der Waals surface area (Å²) in [5, 5.41) is 4.26. The van der Waals surface area contributed by atoms with Crippen molar-refractivity contribution < 1.29 is 0 Å². The van der Waals surface area contributed by atoms with Crippen molar-refractivity contribution in [1.29, 1.82) is 0 Å². The molecule has 1 N–H and O–H groups in total. The second-order valence-corrected chi connectivity index (χ2v) is 5.99. The lowest BCUT2D eigenvalue weighted by atomic mass is 10.0. The third kappa shape index (κ3) is 1.82. The van der Waals surface area contributed by atoms with E-state index >= 15 is 0 Å². The molecule has 4 nitrogen and oxygen atoms in total. The standard InChI is InChI=1S/C16H20N4/c1-17-16-18-14-8-3-2-7-13(14)15(19-16)20-9-11-5-4-6-12(11)10-20/h2-3,7-8,11-12H,4-6,9-10H2,1H3,(H,17,18,19). The first-order valence-electron chi connectivity index (χ1n) is 7.54. The molecule has 1 saturated carbocycles. The number of anilines is 2. The monoisotopic (exact) mass is 268 g/mol. The van der Waals surface area contributed by atoms with E-state index in [4.69, 9.17) is 4.98 Å². The fourth-order valence-corrected chi connectivity index (χ4v) is 3.82. The Bertz CT molecular complexity index is 627. The van der Waals surface area contributed by atoms with Crippen LogP contribution in [0.1, 0.15) is 19.3 Å². The van der Waals surface area contributed by atoms with Gasteiger partial charge in [-0.2, -0.15) is 4.98 Å². The molecule has 2 heterocycles. The zero-order chi connectivity index (χ0) is 13.5. The first kappa shape index (κ1) is 11.9. The average molecular weight is 268 g/mol. The van der Waals surface area contributed by atoms with E-state index in [1.165, 1.54) is 24.6 Å². The molecule has 1 saturated heterocycles. The quantitative estimate of drug-likeness (QED) is 0.909. The summed E-state index contributed by atoms with van der Waals surface area (Å²) < 4.78 is 0. The molecule has 1 aromatic heterocycles. The van der Waals surface area contributed by atoms with Crippen molar-refractivity contribution in [2.45, 2.75) is 19.3 Å². The summed E-state index contributed by atoms with van der Waals surface area (Å²) in [5.74, 6) is 3.58. The van der Waals surface area contributed by atoms with Gasteiger partial charge in [0.2, 0.25) is 5.95 Å². The van der Waals surface area contributed by atoms with Crippen LogP contribution in [0.4, 0.5) is 11.8 Å². The molecular weight excluding hydrogens is 248 g/mol. The fraction of sp³-hybridized carbons (Fsp3) is 0.500. The number of hydrogen-bond donors (Lipinski definition) is 1. The van der Waals surface area contributed by atoms with Crippen molar-refractivity contribution in [3.8, 4) is 0 Å². The van der Waals surface area contributed by atoms with Crippen molar-refractivity contribution in [3.05, 3.63) is 24.3 Å². The highest BCUT2D eigenvalue weighted by molar-refractivity contribution is 5.90. The van der Waals surface area contributed by atoms with Crippen molar-refractivity contribution in [3.63, 3.8) is 0 Å². The number of para-hydroxylation sites is 1. The number of rotatable bonds is 2. The molecule has 2 fully saturated rings. The van der Waals surface area contributed by atoms with E-state index in [0.717, 1.165) is 42.2 Å². The van der Waals surface area contributed by atoms with E-state index in [0.29, 0.717) is 0 Å². The summed E-state index contributed by atoms with van der Waals surface area (Å²) in [4.78, 5) is 11.8. The predicted octanol–water partition coefficient (Wildman–Crippen LogP) is 2.91. The van der Waals surface area contributed by atoms with Crippen LogP contribution in [0.2, 0.25) is 0 Å². The van der Waals surface area contributed by atoms with Gasteiger partial charge in [-0.3, -0.25) is 0 Å². The van der Waals surface area contributed by atoms with Gasteiger partial charge in [-0.05, 0) is 36.8 Å². The lowest BCUT2D eigenvalue weighted by molar-refractivity contribution is 0.494. The van der Waals surface area contributed by atoms with Crippen LogP contribution in [0, 0.1) is 11.8 Å². The lowest BCUT2D eigenvalue weighted by Gasteiger charge is -2.20. The lowest BCUT2D eigenvalue weighted by Crippen LogP contribution is -2.22. The minimum absolute atomic E-state index is 0.718. The molecule has 0 spiro atoms. The van der Waals surface area contributed by atoms with Crippen molar-refractivity contribution in [2.24, 2.45) is 11.8 Å². The summed E-state index contributed by atoms with van der Waals surface area (Å²) in [7, 11) is 1.88. The van der Waals surface area contributed by atoms with Gasteiger partial charge in [0.05, 0.1) is 5.52 Å². The first-order chi connectivity index (χ1) is 9.85. The van der Waals surface area contributed by atoms with Gasteiger partial charge in [-0.15, -0.1) is 0 Å².